The summed E-state index contributed by atoms with van der Waals surface area (Å²) in [4.78, 5) is 0. The predicted octanol–water partition coefficient (Wildman–Crippen LogP) is 2.02. The summed E-state index contributed by atoms with van der Waals surface area (Å²) in [5.41, 5.74) is 5.43. The Labute approximate surface area is 208 Å². The van der Waals surface area contributed by atoms with Crippen LogP contribution >= 0.6 is 0 Å². The summed E-state index contributed by atoms with van der Waals surface area (Å²) in [6.45, 7) is 4.54. The summed E-state index contributed by atoms with van der Waals surface area (Å²) in [5, 5.41) is 0. The first-order valence-electron chi connectivity index (χ1n) is 10.8. The van der Waals surface area contributed by atoms with E-state index >= 15 is 0 Å². The number of rotatable bonds is 10. The van der Waals surface area contributed by atoms with Gasteiger partial charge in [0.25, 0.3) is 0 Å². The number of hydrogen-bond donors (Lipinski definition) is 0. The minimum atomic E-state index is 0. The van der Waals surface area contributed by atoms with Gasteiger partial charge >= 0.3 is 37.7 Å². The molecule has 0 radical (unpaired) electrons. The molecule has 0 unspecified atom stereocenters. The van der Waals surface area contributed by atoms with Gasteiger partial charge < -0.3 is 0 Å². The zero-order chi connectivity index (χ0) is 19.6. The van der Waals surface area contributed by atoms with Crippen LogP contribution in [0.15, 0.2) is 84.9 Å². The molecule has 0 aliphatic heterocycles. The minimum absolute atomic E-state index is 0. The molecular weight excluding hydrogens is 350 g/mol. The first-order valence-corrected chi connectivity index (χ1v) is 10.8. The monoisotopic (exact) mass is 382 g/mol. The van der Waals surface area contributed by atoms with Gasteiger partial charge in [0.1, 0.15) is 0 Å². The fraction of sp³-hybridized carbons (Fsp3) is 0.286. The molecule has 0 heterocycles. The molecule has 0 saturated carbocycles. The Morgan fingerprint density at radius 1 is 0.500 bits per heavy atom. The second-order valence-electron chi connectivity index (χ2n) is 7.48. The van der Waals surface area contributed by atoms with Crippen LogP contribution in [-0.4, -0.2) is 0 Å². The molecule has 0 N–H and O–H groups in total. The summed E-state index contributed by atoms with van der Waals surface area (Å²) in [6.07, 6.45) is 7.13. The topological polar surface area (TPSA) is 0 Å². The van der Waals surface area contributed by atoms with Crippen molar-refractivity contribution < 1.29 is 37.7 Å². The Balaban J connectivity index is 0.00000225. The van der Waals surface area contributed by atoms with E-state index in [9.17, 15) is 0 Å². The van der Waals surface area contributed by atoms with Crippen molar-refractivity contribution in [2.45, 2.75) is 52.4 Å². The van der Waals surface area contributed by atoms with Crippen molar-refractivity contribution in [1.82, 2.24) is 0 Å². The van der Waals surface area contributed by atoms with Crippen molar-refractivity contribution in [2.75, 3.05) is 0 Å². The quantitative estimate of drug-likeness (QED) is 0.372. The molecule has 0 nitrogen and oxygen atoms in total. The van der Waals surface area contributed by atoms with Crippen LogP contribution < -0.4 is 37.7 Å². The molecule has 0 aromatic heterocycles. The molecule has 2 heteroatoms. The molecule has 0 bridgehead atoms. The van der Waals surface area contributed by atoms with Crippen molar-refractivity contribution >= 4 is 0 Å². The van der Waals surface area contributed by atoms with Crippen molar-refractivity contribution in [1.29, 1.82) is 0 Å². The maximum absolute atomic E-state index is 2.41. The van der Waals surface area contributed by atoms with Crippen molar-refractivity contribution in [3.63, 3.8) is 0 Å². The van der Waals surface area contributed by atoms with E-state index in [0.717, 1.165) is 12.8 Å². The van der Waals surface area contributed by atoms with Gasteiger partial charge in [-0.15, -0.1) is 82.6 Å². The Hall–Kier alpha value is -1.41. The fourth-order valence-electron chi connectivity index (χ4n) is 3.79. The van der Waals surface area contributed by atoms with Gasteiger partial charge in [0.05, 0.1) is 0 Å². The smallest absolute Gasteiger partial charge is 0.129 e. The van der Waals surface area contributed by atoms with E-state index < -0.39 is 0 Å². The third-order valence-corrected chi connectivity index (χ3v) is 5.36. The molecule has 3 aromatic carbocycles. The molecule has 0 aliphatic rings. The van der Waals surface area contributed by atoms with Gasteiger partial charge in [-0.3, -0.25) is 0 Å². The number of unbranched alkanes of at least 4 members (excludes halogenated alkanes) is 2. The normalized spacial score (nSPS) is 9.93. The molecule has 3 aromatic rings. The van der Waals surface area contributed by atoms with Crippen LogP contribution in [0, 0.1) is 11.8 Å². The second-order valence-corrected chi connectivity index (χ2v) is 7.48. The van der Waals surface area contributed by atoms with Gasteiger partial charge in [-0.25, -0.2) is 0 Å². The third kappa shape index (κ3) is 7.38. The molecule has 146 valence electrons. The molecule has 0 amide bonds. The molecule has 0 fully saturated rings. The van der Waals surface area contributed by atoms with E-state index in [2.05, 4.69) is 98.8 Å². The Morgan fingerprint density at radius 3 is 1.23 bits per heavy atom. The van der Waals surface area contributed by atoms with Crippen molar-refractivity contribution in [3.05, 3.63) is 119 Å². The standard InChI is InChI=1S/C28H32.2Li/c1-3-5-20-27(23-14-9-7-10-15-23)25-18-13-19-26(22-25)28(21-6-4-2)24-16-11-8-12-17-24;;/h7-19,22H,3-6,20-21H2,1-2H3;;/q-2;2*+1. The van der Waals surface area contributed by atoms with Gasteiger partial charge in [-0.05, 0) is 0 Å². The van der Waals surface area contributed by atoms with E-state index in [0.29, 0.717) is 0 Å². The second kappa shape index (κ2) is 14.6. The minimum Gasteiger partial charge on any atom is -0.129 e. The number of benzene rings is 3. The van der Waals surface area contributed by atoms with Crippen LogP contribution in [0.3, 0.4) is 0 Å². The molecule has 0 saturated heterocycles. The summed E-state index contributed by atoms with van der Waals surface area (Å²) >= 11 is 0. The maximum Gasteiger partial charge on any atom is 1.00 e. The summed E-state index contributed by atoms with van der Waals surface area (Å²) < 4.78 is 0. The Kier molecular flexibility index (Phi) is 12.9. The van der Waals surface area contributed by atoms with Crippen molar-refractivity contribution in [3.8, 4) is 0 Å². The number of hydrogen-bond acceptors (Lipinski definition) is 0. The SMILES string of the molecule is CCCC[C-](c1ccccc1)c1cccc([C-](CCCC)c2ccccc2)c1.[Li+].[Li+]. The Morgan fingerprint density at radius 2 is 0.867 bits per heavy atom. The van der Waals surface area contributed by atoms with Crippen LogP contribution in [0.2, 0.25) is 0 Å². The first kappa shape index (κ1) is 26.6. The third-order valence-electron chi connectivity index (χ3n) is 5.36. The van der Waals surface area contributed by atoms with Crippen LogP contribution in [0.4, 0.5) is 0 Å². The van der Waals surface area contributed by atoms with Crippen LogP contribution in [0.1, 0.15) is 74.6 Å². The fourth-order valence-corrected chi connectivity index (χ4v) is 3.79. The van der Waals surface area contributed by atoms with Crippen molar-refractivity contribution in [2.24, 2.45) is 0 Å². The first-order chi connectivity index (χ1) is 13.8. The van der Waals surface area contributed by atoms with E-state index in [1.54, 1.807) is 0 Å². The van der Waals surface area contributed by atoms with Gasteiger partial charge in [0.2, 0.25) is 0 Å². The zero-order valence-electron chi connectivity index (χ0n) is 19.3. The van der Waals surface area contributed by atoms with E-state index in [4.69, 9.17) is 0 Å². The molecule has 0 aliphatic carbocycles. The largest absolute Gasteiger partial charge is 1.00 e. The van der Waals surface area contributed by atoms with E-state index in [1.165, 1.54) is 59.8 Å². The molecule has 0 spiro atoms. The van der Waals surface area contributed by atoms with Gasteiger partial charge in [-0.2, -0.15) is 0 Å². The molecule has 0 atom stereocenters. The molecule has 30 heavy (non-hydrogen) atoms. The summed E-state index contributed by atoms with van der Waals surface area (Å²) in [7, 11) is 0. The average Bonchev–Trinajstić information content (AvgIpc) is 2.76. The molecular formula is C28H32Li2. The predicted molar refractivity (Wildman–Crippen MR) is 121 cm³/mol. The maximum atomic E-state index is 2.41. The van der Waals surface area contributed by atoms with E-state index in [1.807, 2.05) is 0 Å². The van der Waals surface area contributed by atoms with Crippen LogP contribution in [0.25, 0.3) is 0 Å². The molecule has 3 rings (SSSR count). The zero-order valence-corrected chi connectivity index (χ0v) is 19.3. The Bertz CT molecular complexity index is 748. The summed E-state index contributed by atoms with van der Waals surface area (Å²) in [6, 6.07) is 31.0. The van der Waals surface area contributed by atoms with Gasteiger partial charge in [0, 0.05) is 0 Å². The average molecular weight is 382 g/mol. The van der Waals surface area contributed by atoms with Crippen LogP contribution in [-0.2, 0) is 0 Å². The summed E-state index contributed by atoms with van der Waals surface area (Å²) in [5.74, 6) is 2.93. The van der Waals surface area contributed by atoms with Crippen LogP contribution in [0.5, 0.6) is 0 Å². The van der Waals surface area contributed by atoms with Gasteiger partial charge in [0.15, 0.2) is 0 Å². The van der Waals surface area contributed by atoms with E-state index in [-0.39, 0.29) is 37.7 Å². The van der Waals surface area contributed by atoms with Gasteiger partial charge in [-0.1, -0.05) is 88.8 Å².